The molecule has 1 atom stereocenters. The molecule has 0 aliphatic carbocycles. The summed E-state index contributed by atoms with van der Waals surface area (Å²) in [6.07, 6.45) is 4.55. The van der Waals surface area contributed by atoms with Gasteiger partial charge in [-0.1, -0.05) is 31.2 Å². The molecule has 5 nitrogen and oxygen atoms in total. The number of amides is 1. The summed E-state index contributed by atoms with van der Waals surface area (Å²) in [5.41, 5.74) is 2.34. The van der Waals surface area contributed by atoms with Crippen LogP contribution in [0.1, 0.15) is 47.8 Å². The summed E-state index contributed by atoms with van der Waals surface area (Å²) in [7, 11) is 4.78. The van der Waals surface area contributed by atoms with Crippen molar-refractivity contribution in [1.29, 1.82) is 0 Å². The molecule has 0 aromatic heterocycles. The molecule has 0 spiro atoms. The number of ether oxygens (including phenoxy) is 3. The molecule has 0 heterocycles. The Hall–Kier alpha value is -2.95. The quantitative estimate of drug-likeness (QED) is 0.737. The zero-order chi connectivity index (χ0) is 19.8. The summed E-state index contributed by atoms with van der Waals surface area (Å²) >= 11 is 0. The molecule has 1 amide bonds. The summed E-state index contributed by atoms with van der Waals surface area (Å²) in [5.74, 6) is 1.75. The SMILES string of the molecule is C/C=C/c1cc(C(=O)N[C@H](CC)c2ccc(OC)cc2)cc(OC)c1OC. The van der Waals surface area contributed by atoms with E-state index in [0.717, 1.165) is 23.3 Å². The van der Waals surface area contributed by atoms with Crippen LogP contribution in [0.25, 0.3) is 6.08 Å². The number of hydrogen-bond donors (Lipinski definition) is 1. The van der Waals surface area contributed by atoms with Gasteiger partial charge in [0.25, 0.3) is 5.91 Å². The van der Waals surface area contributed by atoms with Gasteiger partial charge >= 0.3 is 0 Å². The Labute approximate surface area is 161 Å². The average Bonchev–Trinajstić information content (AvgIpc) is 2.71. The maximum atomic E-state index is 12.9. The fourth-order valence-corrected chi connectivity index (χ4v) is 2.93. The molecule has 0 saturated heterocycles. The molecule has 0 fully saturated rings. The van der Waals surface area contributed by atoms with E-state index in [2.05, 4.69) is 5.32 Å². The highest BCUT2D eigenvalue weighted by molar-refractivity contribution is 5.96. The maximum Gasteiger partial charge on any atom is 0.251 e. The molecule has 2 rings (SSSR count). The van der Waals surface area contributed by atoms with Gasteiger partial charge in [-0.15, -0.1) is 0 Å². The van der Waals surface area contributed by atoms with E-state index in [0.29, 0.717) is 17.1 Å². The second kappa shape index (κ2) is 9.67. The lowest BCUT2D eigenvalue weighted by atomic mass is 10.0. The van der Waals surface area contributed by atoms with E-state index in [1.807, 2.05) is 50.3 Å². The van der Waals surface area contributed by atoms with E-state index in [4.69, 9.17) is 14.2 Å². The summed E-state index contributed by atoms with van der Waals surface area (Å²) < 4.78 is 16.0. The predicted octanol–water partition coefficient (Wildman–Crippen LogP) is 4.63. The van der Waals surface area contributed by atoms with Crippen molar-refractivity contribution >= 4 is 12.0 Å². The van der Waals surface area contributed by atoms with Gasteiger partial charge in [0.05, 0.1) is 27.4 Å². The minimum atomic E-state index is -0.163. The molecule has 0 unspecified atom stereocenters. The van der Waals surface area contributed by atoms with E-state index >= 15 is 0 Å². The molecule has 27 heavy (non-hydrogen) atoms. The molecule has 0 bridgehead atoms. The first kappa shape index (κ1) is 20.4. The minimum absolute atomic E-state index is 0.0957. The molecule has 5 heteroatoms. The molecular formula is C22H27NO4. The van der Waals surface area contributed by atoms with Gasteiger partial charge in [0.2, 0.25) is 0 Å². The van der Waals surface area contributed by atoms with Crippen LogP contribution in [0.15, 0.2) is 42.5 Å². The third-order valence-corrected chi connectivity index (χ3v) is 4.35. The van der Waals surface area contributed by atoms with Crippen LogP contribution in [0.3, 0.4) is 0 Å². The molecule has 144 valence electrons. The molecule has 0 aliphatic heterocycles. The smallest absolute Gasteiger partial charge is 0.251 e. The second-order valence-corrected chi connectivity index (χ2v) is 6.01. The van der Waals surface area contributed by atoms with Gasteiger partial charge in [0.1, 0.15) is 5.75 Å². The molecule has 0 saturated carbocycles. The Balaban J connectivity index is 2.30. The third kappa shape index (κ3) is 4.82. The van der Waals surface area contributed by atoms with E-state index in [-0.39, 0.29) is 11.9 Å². The lowest BCUT2D eigenvalue weighted by Crippen LogP contribution is -2.28. The van der Waals surface area contributed by atoms with E-state index in [1.54, 1.807) is 33.5 Å². The molecule has 0 radical (unpaired) electrons. The van der Waals surface area contributed by atoms with Gasteiger partial charge in [0, 0.05) is 11.1 Å². The topological polar surface area (TPSA) is 56.8 Å². The molecular weight excluding hydrogens is 342 g/mol. The summed E-state index contributed by atoms with van der Waals surface area (Å²) in [6, 6.07) is 11.1. The van der Waals surface area contributed by atoms with E-state index < -0.39 is 0 Å². The van der Waals surface area contributed by atoms with Crippen LogP contribution in [0.4, 0.5) is 0 Å². The van der Waals surface area contributed by atoms with Crippen LogP contribution in [0.2, 0.25) is 0 Å². The Bertz CT molecular complexity index is 797. The third-order valence-electron chi connectivity index (χ3n) is 4.35. The molecule has 0 aliphatic rings. The number of carbonyl (C=O) groups excluding carboxylic acids is 1. The predicted molar refractivity (Wildman–Crippen MR) is 108 cm³/mol. The van der Waals surface area contributed by atoms with Crippen LogP contribution < -0.4 is 19.5 Å². The first-order valence-corrected chi connectivity index (χ1v) is 8.91. The van der Waals surface area contributed by atoms with Crippen molar-refractivity contribution in [2.75, 3.05) is 21.3 Å². The van der Waals surface area contributed by atoms with Crippen LogP contribution in [0.5, 0.6) is 17.2 Å². The zero-order valence-electron chi connectivity index (χ0n) is 16.5. The lowest BCUT2D eigenvalue weighted by molar-refractivity contribution is 0.0935. The number of rotatable bonds is 8. The number of allylic oxidation sites excluding steroid dienone is 1. The first-order valence-electron chi connectivity index (χ1n) is 8.91. The van der Waals surface area contributed by atoms with Crippen molar-refractivity contribution in [2.24, 2.45) is 0 Å². The van der Waals surface area contributed by atoms with Gasteiger partial charge in [-0.3, -0.25) is 4.79 Å². The molecule has 2 aromatic carbocycles. The first-order chi connectivity index (χ1) is 13.1. The van der Waals surface area contributed by atoms with E-state index in [9.17, 15) is 4.79 Å². The van der Waals surface area contributed by atoms with Crippen molar-refractivity contribution in [3.8, 4) is 17.2 Å². The number of benzene rings is 2. The molecule has 1 N–H and O–H groups in total. The van der Waals surface area contributed by atoms with Crippen molar-refractivity contribution in [3.63, 3.8) is 0 Å². The highest BCUT2D eigenvalue weighted by Crippen LogP contribution is 2.34. The van der Waals surface area contributed by atoms with Crippen LogP contribution >= 0.6 is 0 Å². The number of carbonyl (C=O) groups is 1. The Kier molecular flexibility index (Phi) is 7.29. The standard InChI is InChI=1S/C22H27NO4/c1-6-8-16-13-17(14-20(26-4)21(16)27-5)22(24)23-19(7-2)15-9-11-18(25-3)12-10-15/h6,8-14,19H,7H2,1-5H3,(H,23,24)/b8-6+/t19-/m1/s1. The fourth-order valence-electron chi connectivity index (χ4n) is 2.93. The van der Waals surface area contributed by atoms with Crippen LogP contribution in [-0.2, 0) is 0 Å². The summed E-state index contributed by atoms with van der Waals surface area (Å²) in [4.78, 5) is 12.9. The largest absolute Gasteiger partial charge is 0.497 e. The van der Waals surface area contributed by atoms with E-state index in [1.165, 1.54) is 0 Å². The number of methoxy groups -OCH3 is 3. The number of nitrogens with one attached hydrogen (secondary N) is 1. The van der Waals surface area contributed by atoms with Crippen molar-refractivity contribution in [2.45, 2.75) is 26.3 Å². The van der Waals surface area contributed by atoms with Crippen molar-refractivity contribution in [1.82, 2.24) is 5.32 Å². The average molecular weight is 369 g/mol. The summed E-state index contributed by atoms with van der Waals surface area (Å²) in [6.45, 7) is 3.95. The Morgan fingerprint density at radius 1 is 1.07 bits per heavy atom. The van der Waals surface area contributed by atoms with Gasteiger partial charge in [-0.2, -0.15) is 0 Å². The second-order valence-electron chi connectivity index (χ2n) is 6.01. The Morgan fingerprint density at radius 3 is 2.30 bits per heavy atom. The maximum absolute atomic E-state index is 12.9. The number of hydrogen-bond acceptors (Lipinski definition) is 4. The van der Waals surface area contributed by atoms with Gasteiger partial charge < -0.3 is 19.5 Å². The monoisotopic (exact) mass is 369 g/mol. The summed E-state index contributed by atoms with van der Waals surface area (Å²) in [5, 5.41) is 3.09. The van der Waals surface area contributed by atoms with Gasteiger partial charge in [-0.05, 0) is 43.2 Å². The Morgan fingerprint density at radius 2 is 1.78 bits per heavy atom. The van der Waals surface area contributed by atoms with Crippen molar-refractivity contribution in [3.05, 3.63) is 59.2 Å². The highest BCUT2D eigenvalue weighted by atomic mass is 16.5. The minimum Gasteiger partial charge on any atom is -0.497 e. The lowest BCUT2D eigenvalue weighted by Gasteiger charge is -2.19. The molecule has 2 aromatic rings. The van der Waals surface area contributed by atoms with Gasteiger partial charge in [-0.25, -0.2) is 0 Å². The fraction of sp³-hybridized carbons (Fsp3) is 0.318. The van der Waals surface area contributed by atoms with Crippen LogP contribution in [0, 0.1) is 0 Å². The highest BCUT2D eigenvalue weighted by Gasteiger charge is 2.18. The van der Waals surface area contributed by atoms with Crippen molar-refractivity contribution < 1.29 is 19.0 Å². The van der Waals surface area contributed by atoms with Gasteiger partial charge in [0.15, 0.2) is 11.5 Å². The normalized spacial score (nSPS) is 11.9. The van der Waals surface area contributed by atoms with Crippen LogP contribution in [-0.4, -0.2) is 27.2 Å². The zero-order valence-corrected chi connectivity index (χ0v) is 16.5.